The van der Waals surface area contributed by atoms with Crippen molar-refractivity contribution >= 4 is 21.4 Å². The third-order valence-corrected chi connectivity index (χ3v) is 5.21. The number of benzene rings is 2. The summed E-state index contributed by atoms with van der Waals surface area (Å²) in [5.41, 5.74) is 1.72. The highest BCUT2D eigenvalue weighted by Crippen LogP contribution is 2.26. The van der Waals surface area contributed by atoms with Crippen LogP contribution in [0.25, 0.3) is 0 Å². The number of nitro benzene ring substituents is 1. The van der Waals surface area contributed by atoms with Gasteiger partial charge in [0.2, 0.25) is 0 Å². The molecule has 0 saturated heterocycles. The molecule has 2 aromatic carbocycles. The highest BCUT2D eigenvalue weighted by Gasteiger charge is 2.24. The summed E-state index contributed by atoms with van der Waals surface area (Å²) in [6.07, 6.45) is 0. The molecule has 2 aromatic rings. The van der Waals surface area contributed by atoms with Crippen molar-refractivity contribution < 1.29 is 13.3 Å². The predicted molar refractivity (Wildman–Crippen MR) is 84.6 cm³/mol. The zero-order valence-corrected chi connectivity index (χ0v) is 13.3. The van der Waals surface area contributed by atoms with Crippen LogP contribution in [0, 0.1) is 24.0 Å². The van der Waals surface area contributed by atoms with Crippen LogP contribution in [0.1, 0.15) is 11.1 Å². The van der Waals surface area contributed by atoms with Crippen LogP contribution in [-0.4, -0.2) is 20.4 Å². The van der Waals surface area contributed by atoms with Gasteiger partial charge in [-0.15, -0.1) is 0 Å². The number of nitrogens with zero attached hydrogens (tertiary/aromatic N) is 2. The van der Waals surface area contributed by atoms with E-state index in [9.17, 15) is 18.5 Å². The molecule has 0 N–H and O–H groups in total. The molecular weight excluding hydrogens is 304 g/mol. The Morgan fingerprint density at radius 3 is 2.18 bits per heavy atom. The largest absolute Gasteiger partial charge is 0.273 e. The summed E-state index contributed by atoms with van der Waals surface area (Å²) < 4.78 is 26.3. The van der Waals surface area contributed by atoms with E-state index in [1.165, 1.54) is 19.2 Å². The molecule has 0 unspecified atom stereocenters. The lowest BCUT2D eigenvalue weighted by Crippen LogP contribution is -2.26. The molecule has 2 rings (SSSR count). The molecule has 7 heteroatoms. The van der Waals surface area contributed by atoms with Gasteiger partial charge in [0.25, 0.3) is 15.7 Å². The Morgan fingerprint density at radius 2 is 1.64 bits per heavy atom. The van der Waals surface area contributed by atoms with E-state index in [1.54, 1.807) is 31.2 Å². The summed E-state index contributed by atoms with van der Waals surface area (Å²) in [4.78, 5) is 10.3. The van der Waals surface area contributed by atoms with Gasteiger partial charge in [-0.2, -0.15) is 0 Å². The molecular formula is C15H16N2O4S. The molecule has 0 aliphatic heterocycles. The minimum Gasteiger partial charge on any atom is -0.269 e. The van der Waals surface area contributed by atoms with Crippen LogP contribution in [0.5, 0.6) is 0 Å². The molecule has 0 amide bonds. The minimum atomic E-state index is -3.85. The first kappa shape index (κ1) is 16.0. The fourth-order valence-electron chi connectivity index (χ4n) is 2.00. The molecule has 0 radical (unpaired) electrons. The van der Waals surface area contributed by atoms with Crippen LogP contribution >= 0.6 is 0 Å². The van der Waals surface area contributed by atoms with Gasteiger partial charge < -0.3 is 0 Å². The summed E-state index contributed by atoms with van der Waals surface area (Å²) in [6.45, 7) is 3.47. The van der Waals surface area contributed by atoms with Crippen molar-refractivity contribution in [3.05, 3.63) is 63.7 Å². The normalized spacial score (nSPS) is 11.2. The maximum Gasteiger partial charge on any atom is 0.273 e. The Morgan fingerprint density at radius 1 is 1.05 bits per heavy atom. The van der Waals surface area contributed by atoms with Gasteiger partial charge in [-0.25, -0.2) is 8.42 Å². The number of rotatable bonds is 4. The summed E-state index contributed by atoms with van der Waals surface area (Å²) in [7, 11) is -2.43. The van der Waals surface area contributed by atoms with Crippen molar-refractivity contribution in [3.8, 4) is 0 Å². The van der Waals surface area contributed by atoms with Gasteiger partial charge in [0, 0.05) is 18.7 Å². The Bertz CT molecular complexity index is 814. The van der Waals surface area contributed by atoms with Gasteiger partial charge in [0.15, 0.2) is 0 Å². The molecule has 0 fully saturated rings. The Hall–Kier alpha value is -2.41. The van der Waals surface area contributed by atoms with Crippen LogP contribution in [0.2, 0.25) is 0 Å². The maximum absolute atomic E-state index is 12.6. The third kappa shape index (κ3) is 2.94. The zero-order valence-electron chi connectivity index (χ0n) is 12.5. The van der Waals surface area contributed by atoms with Crippen molar-refractivity contribution in [3.63, 3.8) is 0 Å². The first-order valence-electron chi connectivity index (χ1n) is 6.54. The second kappa shape index (κ2) is 5.76. The SMILES string of the molecule is Cc1ccc(N(C)S(=O)(=O)c2ccc(C)c([N+](=O)[O-])c2)cc1. The summed E-state index contributed by atoms with van der Waals surface area (Å²) in [5.74, 6) is 0. The van der Waals surface area contributed by atoms with Crippen LogP contribution in [0.3, 0.4) is 0 Å². The quantitative estimate of drug-likeness (QED) is 0.640. The van der Waals surface area contributed by atoms with Crippen molar-refractivity contribution in [2.75, 3.05) is 11.4 Å². The molecule has 0 saturated carbocycles. The monoisotopic (exact) mass is 320 g/mol. The maximum atomic E-state index is 12.6. The zero-order chi connectivity index (χ0) is 16.5. The molecule has 22 heavy (non-hydrogen) atoms. The number of hydrogen-bond acceptors (Lipinski definition) is 4. The Balaban J connectivity index is 2.48. The van der Waals surface area contributed by atoms with E-state index in [4.69, 9.17) is 0 Å². The van der Waals surface area contributed by atoms with E-state index in [0.717, 1.165) is 15.9 Å². The summed E-state index contributed by atoms with van der Waals surface area (Å²) >= 11 is 0. The van der Waals surface area contributed by atoms with Crippen LogP contribution < -0.4 is 4.31 Å². The van der Waals surface area contributed by atoms with Crippen molar-refractivity contribution in [2.24, 2.45) is 0 Å². The van der Waals surface area contributed by atoms with E-state index in [2.05, 4.69) is 0 Å². The fraction of sp³-hybridized carbons (Fsp3) is 0.200. The Labute approximate surface area is 129 Å². The highest BCUT2D eigenvalue weighted by molar-refractivity contribution is 7.92. The van der Waals surface area contributed by atoms with E-state index < -0.39 is 14.9 Å². The molecule has 0 spiro atoms. The molecule has 0 bridgehead atoms. The smallest absolute Gasteiger partial charge is 0.269 e. The van der Waals surface area contributed by atoms with E-state index in [1.807, 2.05) is 6.92 Å². The standard InChI is InChI=1S/C15H16N2O4S/c1-11-4-7-13(8-5-11)16(3)22(20,21)14-9-6-12(2)15(10-14)17(18)19/h4-10H,1-3H3. The lowest BCUT2D eigenvalue weighted by atomic mass is 10.2. The van der Waals surface area contributed by atoms with E-state index in [-0.39, 0.29) is 10.6 Å². The summed E-state index contributed by atoms with van der Waals surface area (Å²) in [5, 5.41) is 11.0. The average molecular weight is 320 g/mol. The lowest BCUT2D eigenvalue weighted by Gasteiger charge is -2.19. The molecule has 0 atom stereocenters. The summed E-state index contributed by atoms with van der Waals surface area (Å²) in [6, 6.07) is 10.9. The van der Waals surface area contributed by atoms with Crippen LogP contribution in [0.15, 0.2) is 47.4 Å². The van der Waals surface area contributed by atoms with Crippen molar-refractivity contribution in [1.29, 1.82) is 0 Å². The minimum absolute atomic E-state index is 0.104. The second-order valence-corrected chi connectivity index (χ2v) is 6.98. The van der Waals surface area contributed by atoms with Crippen LogP contribution in [0.4, 0.5) is 11.4 Å². The third-order valence-electron chi connectivity index (χ3n) is 3.43. The predicted octanol–water partition coefficient (Wildman–Crippen LogP) is 3.04. The molecule has 0 aliphatic carbocycles. The second-order valence-electron chi connectivity index (χ2n) is 5.01. The number of aryl methyl sites for hydroxylation is 2. The van der Waals surface area contributed by atoms with Gasteiger partial charge in [-0.3, -0.25) is 14.4 Å². The average Bonchev–Trinajstić information content (AvgIpc) is 2.47. The van der Waals surface area contributed by atoms with Gasteiger partial charge in [0.1, 0.15) is 0 Å². The van der Waals surface area contributed by atoms with Crippen molar-refractivity contribution in [2.45, 2.75) is 18.7 Å². The fourth-order valence-corrected chi connectivity index (χ4v) is 3.21. The van der Waals surface area contributed by atoms with E-state index >= 15 is 0 Å². The number of anilines is 1. The van der Waals surface area contributed by atoms with Gasteiger partial charge in [0.05, 0.1) is 15.5 Å². The molecule has 0 heterocycles. The molecule has 0 aromatic heterocycles. The Kier molecular flexibility index (Phi) is 4.18. The molecule has 6 nitrogen and oxygen atoms in total. The lowest BCUT2D eigenvalue weighted by molar-refractivity contribution is -0.385. The highest BCUT2D eigenvalue weighted by atomic mass is 32.2. The van der Waals surface area contributed by atoms with E-state index in [0.29, 0.717) is 11.3 Å². The first-order chi connectivity index (χ1) is 10.2. The number of sulfonamides is 1. The molecule has 116 valence electrons. The van der Waals surface area contributed by atoms with Crippen molar-refractivity contribution in [1.82, 2.24) is 0 Å². The van der Waals surface area contributed by atoms with Crippen LogP contribution in [-0.2, 0) is 10.0 Å². The van der Waals surface area contributed by atoms with Gasteiger partial charge >= 0.3 is 0 Å². The van der Waals surface area contributed by atoms with Gasteiger partial charge in [-0.1, -0.05) is 23.8 Å². The first-order valence-corrected chi connectivity index (χ1v) is 7.98. The number of hydrogen-bond donors (Lipinski definition) is 0. The topological polar surface area (TPSA) is 80.5 Å². The molecule has 0 aliphatic rings. The van der Waals surface area contributed by atoms with Gasteiger partial charge in [-0.05, 0) is 32.0 Å². The number of nitro groups is 1.